The van der Waals surface area contributed by atoms with Gasteiger partial charge >= 0.3 is 0 Å². The van der Waals surface area contributed by atoms with Gasteiger partial charge in [-0.3, -0.25) is 9.59 Å². The van der Waals surface area contributed by atoms with Gasteiger partial charge in [-0.25, -0.2) is 0 Å². The summed E-state index contributed by atoms with van der Waals surface area (Å²) in [5.74, 6) is -1.00. The van der Waals surface area contributed by atoms with Gasteiger partial charge < -0.3 is 10.4 Å². The Balaban J connectivity index is 2.59. The number of aliphatic hydroxyl groups excluding tert-OH is 1. The second-order valence-electron chi connectivity index (χ2n) is 3.06. The summed E-state index contributed by atoms with van der Waals surface area (Å²) in [5, 5.41) is 12.2. The molecular formula is C8H13NO3. The molecule has 1 aliphatic heterocycles. The van der Waals surface area contributed by atoms with E-state index in [1.807, 2.05) is 0 Å². The van der Waals surface area contributed by atoms with E-state index in [0.717, 1.165) is 6.42 Å². The molecule has 0 radical (unpaired) electrons. The van der Waals surface area contributed by atoms with Gasteiger partial charge in [0.15, 0.2) is 5.78 Å². The van der Waals surface area contributed by atoms with Crippen molar-refractivity contribution < 1.29 is 14.7 Å². The van der Waals surface area contributed by atoms with Gasteiger partial charge in [0.25, 0.3) is 0 Å². The Bertz CT molecular complexity index is 202. The van der Waals surface area contributed by atoms with Gasteiger partial charge in [0, 0.05) is 6.92 Å². The molecule has 1 heterocycles. The van der Waals surface area contributed by atoms with Crippen molar-refractivity contribution in [3.05, 3.63) is 0 Å². The number of ketones is 2. The molecule has 2 unspecified atom stereocenters. The smallest absolute Gasteiger partial charge is 0.217 e. The van der Waals surface area contributed by atoms with Crippen molar-refractivity contribution in [2.24, 2.45) is 0 Å². The average Bonchev–Trinajstić information content (AvgIpc) is 2.04. The van der Waals surface area contributed by atoms with Gasteiger partial charge in [-0.05, 0) is 19.4 Å². The third-order valence-electron chi connectivity index (χ3n) is 2.06. The summed E-state index contributed by atoms with van der Waals surface area (Å²) in [6, 6.07) is -0.670. The average molecular weight is 171 g/mol. The monoisotopic (exact) mass is 171 g/mol. The van der Waals surface area contributed by atoms with Crippen LogP contribution >= 0.6 is 0 Å². The molecule has 1 fully saturated rings. The number of hydrogen-bond donors (Lipinski definition) is 2. The molecule has 0 spiro atoms. The van der Waals surface area contributed by atoms with E-state index in [1.54, 1.807) is 0 Å². The lowest BCUT2D eigenvalue weighted by atomic mass is 9.96. The molecule has 1 aliphatic rings. The minimum atomic E-state index is -0.699. The van der Waals surface area contributed by atoms with Crippen LogP contribution in [0.2, 0.25) is 0 Å². The Morgan fingerprint density at radius 2 is 2.17 bits per heavy atom. The SMILES string of the molecule is CC(=O)C(=O)C1NCCCC1O. The molecule has 0 aromatic rings. The second-order valence-corrected chi connectivity index (χ2v) is 3.06. The summed E-state index contributed by atoms with van der Waals surface area (Å²) in [4.78, 5) is 21.8. The van der Waals surface area contributed by atoms with Gasteiger partial charge in [-0.1, -0.05) is 0 Å². The first kappa shape index (κ1) is 9.35. The Kier molecular flexibility index (Phi) is 2.94. The van der Waals surface area contributed by atoms with E-state index in [-0.39, 0.29) is 0 Å². The minimum absolute atomic E-state index is 0.492. The lowest BCUT2D eigenvalue weighted by Crippen LogP contribution is -2.51. The van der Waals surface area contributed by atoms with Gasteiger partial charge in [0.05, 0.1) is 6.10 Å². The lowest BCUT2D eigenvalue weighted by molar-refractivity contribution is -0.138. The lowest BCUT2D eigenvalue weighted by Gasteiger charge is -2.26. The summed E-state index contributed by atoms with van der Waals surface area (Å²) in [7, 11) is 0. The highest BCUT2D eigenvalue weighted by atomic mass is 16.3. The number of hydrogen-bond acceptors (Lipinski definition) is 4. The van der Waals surface area contributed by atoms with E-state index in [0.29, 0.717) is 13.0 Å². The molecule has 4 nitrogen and oxygen atoms in total. The molecule has 1 rings (SSSR count). The van der Waals surface area contributed by atoms with E-state index in [2.05, 4.69) is 5.32 Å². The van der Waals surface area contributed by atoms with Crippen molar-refractivity contribution in [1.82, 2.24) is 5.32 Å². The molecule has 0 aliphatic carbocycles. The Labute approximate surface area is 71.0 Å². The van der Waals surface area contributed by atoms with Crippen molar-refractivity contribution in [3.63, 3.8) is 0 Å². The van der Waals surface area contributed by atoms with E-state index in [1.165, 1.54) is 6.92 Å². The maximum atomic E-state index is 11.1. The van der Waals surface area contributed by atoms with Crippen LogP contribution < -0.4 is 5.32 Å². The van der Waals surface area contributed by atoms with Crippen LogP contribution in [0.5, 0.6) is 0 Å². The van der Waals surface area contributed by atoms with Crippen LogP contribution in [0.25, 0.3) is 0 Å². The first-order valence-electron chi connectivity index (χ1n) is 4.09. The Morgan fingerprint density at radius 1 is 1.50 bits per heavy atom. The number of nitrogens with one attached hydrogen (secondary N) is 1. The highest BCUT2D eigenvalue weighted by molar-refractivity contribution is 6.38. The van der Waals surface area contributed by atoms with Crippen LogP contribution in [0.3, 0.4) is 0 Å². The van der Waals surface area contributed by atoms with E-state index in [4.69, 9.17) is 0 Å². The molecule has 2 atom stereocenters. The molecule has 0 aromatic heterocycles. The van der Waals surface area contributed by atoms with Crippen molar-refractivity contribution in [3.8, 4) is 0 Å². The maximum absolute atomic E-state index is 11.1. The first-order chi connectivity index (χ1) is 5.63. The van der Waals surface area contributed by atoms with Crippen molar-refractivity contribution in [2.75, 3.05) is 6.54 Å². The standard InChI is InChI=1S/C8H13NO3/c1-5(10)8(12)7-6(11)3-2-4-9-7/h6-7,9,11H,2-4H2,1H3. The third kappa shape index (κ3) is 1.89. The highest BCUT2D eigenvalue weighted by Crippen LogP contribution is 2.09. The zero-order valence-electron chi connectivity index (χ0n) is 7.04. The van der Waals surface area contributed by atoms with Crippen LogP contribution in [-0.2, 0) is 9.59 Å². The number of carbonyl (C=O) groups excluding carboxylic acids is 2. The first-order valence-corrected chi connectivity index (χ1v) is 4.09. The molecule has 1 saturated heterocycles. The Morgan fingerprint density at radius 3 is 2.67 bits per heavy atom. The molecule has 0 bridgehead atoms. The molecule has 12 heavy (non-hydrogen) atoms. The van der Waals surface area contributed by atoms with Gasteiger partial charge in [-0.15, -0.1) is 0 Å². The van der Waals surface area contributed by atoms with Crippen molar-refractivity contribution in [1.29, 1.82) is 0 Å². The van der Waals surface area contributed by atoms with Crippen LogP contribution in [0.15, 0.2) is 0 Å². The molecule has 0 aromatic carbocycles. The normalized spacial score (nSPS) is 29.8. The summed E-state index contributed by atoms with van der Waals surface area (Å²) in [6.07, 6.45) is 0.745. The van der Waals surface area contributed by atoms with E-state index < -0.39 is 23.7 Å². The third-order valence-corrected chi connectivity index (χ3v) is 2.06. The summed E-state index contributed by atoms with van der Waals surface area (Å²) < 4.78 is 0. The molecule has 0 amide bonds. The maximum Gasteiger partial charge on any atom is 0.217 e. The number of aliphatic hydroxyl groups is 1. The molecule has 68 valence electrons. The number of piperidine rings is 1. The van der Waals surface area contributed by atoms with Crippen molar-refractivity contribution in [2.45, 2.75) is 31.9 Å². The fraction of sp³-hybridized carbons (Fsp3) is 0.750. The Hall–Kier alpha value is -0.740. The minimum Gasteiger partial charge on any atom is -0.391 e. The fourth-order valence-corrected chi connectivity index (χ4v) is 1.36. The van der Waals surface area contributed by atoms with Gasteiger partial charge in [0.2, 0.25) is 5.78 Å². The number of Topliss-reactive ketones (excluding diaryl/α,β-unsaturated/α-hetero) is 2. The van der Waals surface area contributed by atoms with Crippen LogP contribution in [0.4, 0.5) is 0 Å². The summed E-state index contributed by atoms with van der Waals surface area (Å²) in [5.41, 5.74) is 0. The van der Waals surface area contributed by atoms with Crippen molar-refractivity contribution >= 4 is 11.6 Å². The van der Waals surface area contributed by atoms with Crippen LogP contribution in [0, 0.1) is 0 Å². The molecular weight excluding hydrogens is 158 g/mol. The topological polar surface area (TPSA) is 66.4 Å². The molecule has 4 heteroatoms. The van der Waals surface area contributed by atoms with Gasteiger partial charge in [0.1, 0.15) is 6.04 Å². The number of carbonyl (C=O) groups is 2. The zero-order valence-corrected chi connectivity index (χ0v) is 7.04. The second kappa shape index (κ2) is 3.78. The fourth-order valence-electron chi connectivity index (χ4n) is 1.36. The van der Waals surface area contributed by atoms with Gasteiger partial charge in [-0.2, -0.15) is 0 Å². The molecule has 0 saturated carbocycles. The summed E-state index contributed by atoms with van der Waals surface area (Å²) >= 11 is 0. The zero-order chi connectivity index (χ0) is 9.14. The summed E-state index contributed by atoms with van der Waals surface area (Å²) in [6.45, 7) is 1.92. The number of rotatable bonds is 2. The van der Waals surface area contributed by atoms with E-state index >= 15 is 0 Å². The quantitative estimate of drug-likeness (QED) is 0.537. The van der Waals surface area contributed by atoms with Crippen LogP contribution in [-0.4, -0.2) is 35.4 Å². The predicted octanol–water partition coefficient (Wildman–Crippen LogP) is -0.743. The molecule has 2 N–H and O–H groups in total. The predicted molar refractivity (Wildman–Crippen MR) is 42.7 cm³/mol. The van der Waals surface area contributed by atoms with E-state index in [9.17, 15) is 14.7 Å². The largest absolute Gasteiger partial charge is 0.391 e. The highest BCUT2D eigenvalue weighted by Gasteiger charge is 2.30. The van der Waals surface area contributed by atoms with Crippen LogP contribution in [0.1, 0.15) is 19.8 Å².